The number of benzene rings is 1. The molecule has 6 nitrogen and oxygen atoms in total. The Labute approximate surface area is 172 Å². The minimum absolute atomic E-state index is 0.180. The Morgan fingerprint density at radius 2 is 2.10 bits per heavy atom. The number of pyridine rings is 1. The number of hydrogen-bond donors (Lipinski definition) is 2. The highest BCUT2D eigenvalue weighted by Crippen LogP contribution is 2.24. The van der Waals surface area contributed by atoms with Crippen LogP contribution in [0, 0.1) is 5.82 Å². The van der Waals surface area contributed by atoms with Gasteiger partial charge in [-0.05, 0) is 67.1 Å². The summed E-state index contributed by atoms with van der Waals surface area (Å²) in [4.78, 5) is 20.2. The van der Waals surface area contributed by atoms with Gasteiger partial charge in [0.05, 0.1) is 11.8 Å². The van der Waals surface area contributed by atoms with E-state index in [4.69, 9.17) is 5.84 Å². The molecule has 1 amide bonds. The molecule has 1 saturated carbocycles. The number of alkyl halides is 2. The van der Waals surface area contributed by atoms with Crippen LogP contribution in [0.25, 0.3) is 0 Å². The standard InChI is InChI=1S/C21H22F3N5O/c1-12(30)27-17-3-2-4-18(20(17)29-25)28-19-10-13(5-6-26-19)7-14-8-15(21(23)24)11-16(22)9-14/h5-6,8-11,17,21H,2-4,7,25H2,1H3,(H,27,30)/b28-18?,29-20-/t17-/m1/s1. The van der Waals surface area contributed by atoms with Crippen LogP contribution in [0.4, 0.5) is 19.0 Å². The van der Waals surface area contributed by atoms with Crippen molar-refractivity contribution in [3.63, 3.8) is 0 Å². The highest BCUT2D eigenvalue weighted by molar-refractivity contribution is 6.45. The van der Waals surface area contributed by atoms with Gasteiger partial charge >= 0.3 is 0 Å². The molecule has 0 spiro atoms. The van der Waals surface area contributed by atoms with Crippen molar-refractivity contribution in [2.45, 2.75) is 45.1 Å². The number of amides is 1. The largest absolute Gasteiger partial charge is 0.348 e. The summed E-state index contributed by atoms with van der Waals surface area (Å²) in [6.07, 6.45) is 1.23. The summed E-state index contributed by atoms with van der Waals surface area (Å²) in [5.41, 5.74) is 1.97. The monoisotopic (exact) mass is 417 g/mol. The van der Waals surface area contributed by atoms with Gasteiger partial charge in [0.2, 0.25) is 5.91 Å². The minimum Gasteiger partial charge on any atom is -0.348 e. The molecule has 1 aliphatic rings. The second-order valence-corrected chi connectivity index (χ2v) is 7.11. The van der Waals surface area contributed by atoms with Crippen LogP contribution >= 0.6 is 0 Å². The number of halogens is 3. The van der Waals surface area contributed by atoms with E-state index >= 15 is 0 Å². The van der Waals surface area contributed by atoms with Crippen LogP contribution in [0.3, 0.4) is 0 Å². The molecule has 3 N–H and O–H groups in total. The maximum Gasteiger partial charge on any atom is 0.263 e. The van der Waals surface area contributed by atoms with Crippen molar-refractivity contribution in [1.82, 2.24) is 10.3 Å². The van der Waals surface area contributed by atoms with E-state index in [1.807, 2.05) is 0 Å². The Hall–Kier alpha value is -3.23. The normalized spacial score (nSPS) is 19.4. The molecule has 30 heavy (non-hydrogen) atoms. The zero-order valence-electron chi connectivity index (χ0n) is 16.4. The van der Waals surface area contributed by atoms with E-state index in [0.29, 0.717) is 35.6 Å². The lowest BCUT2D eigenvalue weighted by Gasteiger charge is -2.25. The molecule has 0 saturated heterocycles. The van der Waals surface area contributed by atoms with Crippen molar-refractivity contribution in [3.05, 3.63) is 59.0 Å². The third-order valence-corrected chi connectivity index (χ3v) is 4.75. The van der Waals surface area contributed by atoms with Crippen LogP contribution in [-0.2, 0) is 11.2 Å². The second-order valence-electron chi connectivity index (χ2n) is 7.11. The predicted octanol–water partition coefficient (Wildman–Crippen LogP) is 3.82. The quantitative estimate of drug-likeness (QED) is 0.572. The van der Waals surface area contributed by atoms with Crippen LogP contribution in [0.5, 0.6) is 0 Å². The van der Waals surface area contributed by atoms with Crippen molar-refractivity contribution in [2.75, 3.05) is 0 Å². The van der Waals surface area contributed by atoms with Crippen LogP contribution < -0.4 is 11.2 Å². The average molecular weight is 417 g/mol. The molecule has 1 aromatic heterocycles. The number of nitrogens with one attached hydrogen (secondary N) is 1. The Balaban J connectivity index is 1.84. The number of hydrazone groups is 1. The molecule has 1 aliphatic carbocycles. The summed E-state index contributed by atoms with van der Waals surface area (Å²) in [5.74, 6) is 5.06. The van der Waals surface area contributed by atoms with Crippen molar-refractivity contribution in [1.29, 1.82) is 0 Å². The predicted molar refractivity (Wildman–Crippen MR) is 109 cm³/mol. The molecule has 0 aliphatic heterocycles. The molecule has 9 heteroatoms. The Kier molecular flexibility index (Phi) is 6.81. The lowest BCUT2D eigenvalue weighted by Crippen LogP contribution is -2.46. The fourth-order valence-corrected chi connectivity index (χ4v) is 3.51. The van der Waals surface area contributed by atoms with E-state index in [1.54, 1.807) is 18.3 Å². The van der Waals surface area contributed by atoms with E-state index in [1.165, 1.54) is 19.1 Å². The van der Waals surface area contributed by atoms with Gasteiger partial charge < -0.3 is 11.2 Å². The van der Waals surface area contributed by atoms with Gasteiger partial charge in [-0.25, -0.2) is 23.1 Å². The van der Waals surface area contributed by atoms with E-state index in [2.05, 4.69) is 20.4 Å². The van der Waals surface area contributed by atoms with Gasteiger partial charge in [0.25, 0.3) is 6.43 Å². The van der Waals surface area contributed by atoms with Gasteiger partial charge in [-0.3, -0.25) is 4.79 Å². The van der Waals surface area contributed by atoms with Crippen molar-refractivity contribution in [2.24, 2.45) is 15.9 Å². The Bertz CT molecular complexity index is 990. The average Bonchev–Trinajstić information content (AvgIpc) is 2.67. The fraction of sp³-hybridized carbons (Fsp3) is 0.333. The van der Waals surface area contributed by atoms with Gasteiger partial charge in [-0.1, -0.05) is 0 Å². The van der Waals surface area contributed by atoms with Crippen LogP contribution in [0.2, 0.25) is 0 Å². The van der Waals surface area contributed by atoms with E-state index < -0.39 is 12.2 Å². The molecule has 3 rings (SSSR count). The fourth-order valence-electron chi connectivity index (χ4n) is 3.51. The summed E-state index contributed by atoms with van der Waals surface area (Å²) in [6, 6.07) is 6.48. The first-order chi connectivity index (χ1) is 14.4. The number of hydrogen-bond acceptors (Lipinski definition) is 5. The van der Waals surface area contributed by atoms with Crippen LogP contribution in [-0.4, -0.2) is 28.4 Å². The highest BCUT2D eigenvalue weighted by Gasteiger charge is 2.26. The molecular formula is C21H22F3N5O. The smallest absolute Gasteiger partial charge is 0.263 e. The van der Waals surface area contributed by atoms with Crippen molar-refractivity contribution < 1.29 is 18.0 Å². The van der Waals surface area contributed by atoms with E-state index in [-0.39, 0.29) is 23.9 Å². The number of carbonyl (C=O) groups excluding carboxylic acids is 1. The second kappa shape index (κ2) is 9.51. The summed E-state index contributed by atoms with van der Waals surface area (Å²) in [5, 5.41) is 6.63. The summed E-state index contributed by atoms with van der Waals surface area (Å²) < 4.78 is 39.5. The lowest BCUT2D eigenvalue weighted by molar-refractivity contribution is -0.119. The third-order valence-electron chi connectivity index (χ3n) is 4.75. The maximum atomic E-state index is 13.7. The molecule has 1 aromatic carbocycles. The van der Waals surface area contributed by atoms with Gasteiger partial charge in [0.15, 0.2) is 5.82 Å². The minimum atomic E-state index is -2.74. The topological polar surface area (TPSA) is 92.7 Å². The zero-order chi connectivity index (χ0) is 21.7. The number of aliphatic imine (C=N–C) groups is 1. The molecule has 0 bridgehead atoms. The van der Waals surface area contributed by atoms with Crippen molar-refractivity contribution >= 4 is 23.1 Å². The number of rotatable bonds is 5. The van der Waals surface area contributed by atoms with E-state index in [9.17, 15) is 18.0 Å². The maximum absolute atomic E-state index is 13.7. The van der Waals surface area contributed by atoms with Crippen LogP contribution in [0.1, 0.15) is 49.3 Å². The van der Waals surface area contributed by atoms with Gasteiger partial charge in [0, 0.05) is 18.7 Å². The van der Waals surface area contributed by atoms with Gasteiger partial charge in [-0.15, -0.1) is 0 Å². The SMILES string of the molecule is CC(=O)N[C@@H]1CCCC(=Nc2cc(Cc3cc(F)cc(C(F)F)c3)ccn2)/C1=N\N. The summed E-state index contributed by atoms with van der Waals surface area (Å²) in [6.45, 7) is 1.43. The summed E-state index contributed by atoms with van der Waals surface area (Å²) >= 11 is 0. The number of carbonyl (C=O) groups is 1. The summed E-state index contributed by atoms with van der Waals surface area (Å²) in [7, 11) is 0. The van der Waals surface area contributed by atoms with Crippen LogP contribution in [0.15, 0.2) is 46.6 Å². The van der Waals surface area contributed by atoms with Gasteiger partial charge in [0.1, 0.15) is 11.5 Å². The number of aromatic nitrogens is 1. The Morgan fingerprint density at radius 3 is 2.80 bits per heavy atom. The highest BCUT2D eigenvalue weighted by atomic mass is 19.3. The van der Waals surface area contributed by atoms with E-state index in [0.717, 1.165) is 18.1 Å². The molecular weight excluding hydrogens is 395 g/mol. The molecule has 2 aromatic rings. The number of nitrogens with two attached hydrogens (primary N) is 1. The lowest BCUT2D eigenvalue weighted by atomic mass is 9.91. The molecule has 0 unspecified atom stereocenters. The first kappa shape index (κ1) is 21.5. The van der Waals surface area contributed by atoms with Gasteiger partial charge in [-0.2, -0.15) is 5.10 Å². The first-order valence-electron chi connectivity index (χ1n) is 9.51. The van der Waals surface area contributed by atoms with Crippen molar-refractivity contribution in [3.8, 4) is 0 Å². The third kappa shape index (κ3) is 5.43. The molecule has 0 radical (unpaired) electrons. The molecule has 1 atom stereocenters. The number of nitrogens with zero attached hydrogens (tertiary/aromatic N) is 3. The first-order valence-corrected chi connectivity index (χ1v) is 9.51. The zero-order valence-corrected chi connectivity index (χ0v) is 16.4. The molecule has 158 valence electrons. The Morgan fingerprint density at radius 1 is 1.30 bits per heavy atom. The molecule has 1 heterocycles. The molecule has 1 fully saturated rings.